The maximum absolute atomic E-state index is 6.66. The summed E-state index contributed by atoms with van der Waals surface area (Å²) < 4.78 is 18.8. The van der Waals surface area contributed by atoms with Gasteiger partial charge in [-0.05, 0) is 61.8 Å². The number of benzene rings is 1. The second kappa shape index (κ2) is 10.5. The van der Waals surface area contributed by atoms with Crippen molar-refractivity contribution in [3.63, 3.8) is 0 Å². The maximum Gasteiger partial charge on any atom is 0.243 e. The van der Waals surface area contributed by atoms with Gasteiger partial charge in [-0.15, -0.1) is 0 Å². The van der Waals surface area contributed by atoms with Crippen LogP contribution in [0.2, 0.25) is 0 Å². The lowest BCUT2D eigenvalue weighted by atomic mass is 9.91. The molecule has 0 amide bonds. The van der Waals surface area contributed by atoms with E-state index >= 15 is 0 Å². The molecule has 2 fully saturated rings. The van der Waals surface area contributed by atoms with Gasteiger partial charge in [0.15, 0.2) is 0 Å². The Morgan fingerprint density at radius 3 is 2.61 bits per heavy atom. The van der Waals surface area contributed by atoms with Crippen molar-refractivity contribution in [1.82, 2.24) is 23.8 Å². The second-order valence-corrected chi connectivity index (χ2v) is 10.5. The van der Waals surface area contributed by atoms with E-state index in [4.69, 9.17) is 19.4 Å². The standard InChI is InChI=1S/C27H32N6O2S/c1-19-17-24(36-31-19)29-27-28-23-11-12-33(18-20-5-3-2-4-6-20)25(23)26(30-27)35-22-9-7-21(8-10-22)32-13-15-34-16-14-32/h2-6,11-12,17,21-22H,7-10,13-16,18H2,1H3,(H,28,29,30). The van der Waals surface area contributed by atoms with E-state index in [1.54, 1.807) is 0 Å². The fraction of sp³-hybridized carbons (Fsp3) is 0.444. The van der Waals surface area contributed by atoms with Crippen molar-refractivity contribution in [3.8, 4) is 5.88 Å². The van der Waals surface area contributed by atoms with E-state index in [0.717, 1.165) is 80.3 Å². The molecule has 2 aliphatic rings. The van der Waals surface area contributed by atoms with Crippen molar-refractivity contribution in [3.05, 3.63) is 59.9 Å². The summed E-state index contributed by atoms with van der Waals surface area (Å²) in [6.07, 6.45) is 6.59. The Labute approximate surface area is 215 Å². The van der Waals surface area contributed by atoms with Crippen LogP contribution in [-0.4, -0.2) is 62.3 Å². The summed E-state index contributed by atoms with van der Waals surface area (Å²) in [5.74, 6) is 1.19. The first-order valence-corrected chi connectivity index (χ1v) is 13.6. The smallest absolute Gasteiger partial charge is 0.243 e. The first-order valence-electron chi connectivity index (χ1n) is 12.8. The molecular formula is C27H32N6O2S. The third-order valence-corrected chi connectivity index (χ3v) is 7.92. The van der Waals surface area contributed by atoms with Gasteiger partial charge < -0.3 is 19.4 Å². The van der Waals surface area contributed by atoms with Crippen LogP contribution in [0.15, 0.2) is 48.7 Å². The number of aryl methyl sites for hydroxylation is 1. The molecule has 0 radical (unpaired) electrons. The molecule has 188 valence electrons. The summed E-state index contributed by atoms with van der Waals surface area (Å²) in [5, 5.41) is 4.25. The fourth-order valence-electron chi connectivity index (χ4n) is 5.28. The van der Waals surface area contributed by atoms with Gasteiger partial charge in [-0.1, -0.05) is 30.3 Å². The summed E-state index contributed by atoms with van der Waals surface area (Å²) in [4.78, 5) is 12.3. The number of hydrogen-bond donors (Lipinski definition) is 1. The van der Waals surface area contributed by atoms with Crippen molar-refractivity contribution in [1.29, 1.82) is 0 Å². The highest BCUT2D eigenvalue weighted by atomic mass is 32.1. The average molecular weight is 505 g/mol. The number of anilines is 2. The van der Waals surface area contributed by atoms with E-state index < -0.39 is 0 Å². The molecule has 1 N–H and O–H groups in total. The minimum atomic E-state index is 0.152. The van der Waals surface area contributed by atoms with Crippen LogP contribution in [-0.2, 0) is 11.3 Å². The Morgan fingerprint density at radius 1 is 1.06 bits per heavy atom. The van der Waals surface area contributed by atoms with Crippen LogP contribution in [0.5, 0.6) is 5.88 Å². The average Bonchev–Trinajstić information content (AvgIpc) is 3.51. The normalized spacial score (nSPS) is 21.0. The predicted octanol–water partition coefficient (Wildman–Crippen LogP) is 5.01. The molecule has 1 aliphatic carbocycles. The molecule has 6 rings (SSSR count). The number of morpholine rings is 1. The largest absolute Gasteiger partial charge is 0.473 e. The summed E-state index contributed by atoms with van der Waals surface area (Å²) >= 11 is 1.41. The number of fused-ring (bicyclic) bond motifs is 1. The first-order chi connectivity index (χ1) is 17.7. The van der Waals surface area contributed by atoms with Gasteiger partial charge >= 0.3 is 0 Å². The molecule has 36 heavy (non-hydrogen) atoms. The highest BCUT2D eigenvalue weighted by Gasteiger charge is 2.29. The highest BCUT2D eigenvalue weighted by molar-refractivity contribution is 7.10. The van der Waals surface area contributed by atoms with E-state index in [1.165, 1.54) is 17.1 Å². The summed E-state index contributed by atoms with van der Waals surface area (Å²) in [6.45, 7) is 6.51. The van der Waals surface area contributed by atoms with Crippen LogP contribution in [0.25, 0.3) is 11.0 Å². The topological polar surface area (TPSA) is 77.3 Å². The van der Waals surface area contributed by atoms with E-state index in [-0.39, 0.29) is 6.10 Å². The lowest BCUT2D eigenvalue weighted by Gasteiger charge is -2.38. The maximum atomic E-state index is 6.66. The van der Waals surface area contributed by atoms with Gasteiger partial charge in [-0.25, -0.2) is 4.98 Å². The lowest BCUT2D eigenvalue weighted by molar-refractivity contribution is -0.00127. The van der Waals surface area contributed by atoms with Crippen LogP contribution >= 0.6 is 11.5 Å². The molecule has 0 unspecified atom stereocenters. The van der Waals surface area contributed by atoms with E-state index in [2.05, 4.69) is 49.6 Å². The number of ether oxygens (including phenoxy) is 2. The molecule has 0 spiro atoms. The van der Waals surface area contributed by atoms with Crippen LogP contribution in [0.3, 0.4) is 0 Å². The predicted molar refractivity (Wildman–Crippen MR) is 142 cm³/mol. The molecule has 1 saturated carbocycles. The van der Waals surface area contributed by atoms with Crippen molar-refractivity contribution in [2.75, 3.05) is 31.6 Å². The molecule has 3 aromatic heterocycles. The molecule has 0 bridgehead atoms. The van der Waals surface area contributed by atoms with E-state index in [9.17, 15) is 0 Å². The molecule has 4 heterocycles. The summed E-state index contributed by atoms with van der Waals surface area (Å²) in [5.41, 5.74) is 4.03. The lowest BCUT2D eigenvalue weighted by Crippen LogP contribution is -2.46. The fourth-order valence-corrected chi connectivity index (χ4v) is 5.94. The summed E-state index contributed by atoms with van der Waals surface area (Å²) in [7, 11) is 0. The molecular weight excluding hydrogens is 472 g/mol. The number of rotatable bonds is 7. The quantitative estimate of drug-likeness (QED) is 0.379. The molecule has 1 saturated heterocycles. The molecule has 9 heteroatoms. The minimum Gasteiger partial charge on any atom is -0.473 e. The van der Waals surface area contributed by atoms with E-state index in [1.807, 2.05) is 25.1 Å². The first kappa shape index (κ1) is 23.4. The number of nitrogens with one attached hydrogen (secondary N) is 1. The summed E-state index contributed by atoms with van der Waals surface area (Å²) in [6, 6.07) is 15.2. The van der Waals surface area contributed by atoms with Crippen LogP contribution in [0, 0.1) is 6.92 Å². The zero-order valence-electron chi connectivity index (χ0n) is 20.6. The van der Waals surface area contributed by atoms with Crippen molar-refractivity contribution >= 4 is 33.5 Å². The highest BCUT2D eigenvalue weighted by Crippen LogP contribution is 2.32. The zero-order valence-corrected chi connectivity index (χ0v) is 21.4. The van der Waals surface area contributed by atoms with Gasteiger partial charge in [0.1, 0.15) is 16.6 Å². The molecule has 1 aromatic carbocycles. The number of nitrogens with zero attached hydrogens (tertiary/aromatic N) is 5. The van der Waals surface area contributed by atoms with Gasteiger partial charge in [0, 0.05) is 31.9 Å². The van der Waals surface area contributed by atoms with Gasteiger partial charge in [-0.2, -0.15) is 9.36 Å². The Hall–Kier alpha value is -3.01. The Bertz CT molecular complexity index is 1290. The molecule has 1 aliphatic heterocycles. The molecule has 4 aromatic rings. The monoisotopic (exact) mass is 504 g/mol. The number of aromatic nitrogens is 4. The Kier molecular flexibility index (Phi) is 6.85. The van der Waals surface area contributed by atoms with Gasteiger partial charge in [0.2, 0.25) is 11.8 Å². The van der Waals surface area contributed by atoms with Gasteiger partial charge in [0.05, 0.1) is 24.4 Å². The van der Waals surface area contributed by atoms with Gasteiger partial charge in [-0.3, -0.25) is 4.90 Å². The molecule has 8 nitrogen and oxygen atoms in total. The third-order valence-electron chi connectivity index (χ3n) is 7.12. The van der Waals surface area contributed by atoms with Gasteiger partial charge in [0.25, 0.3) is 0 Å². The zero-order chi connectivity index (χ0) is 24.3. The van der Waals surface area contributed by atoms with Crippen LogP contribution in [0.1, 0.15) is 36.9 Å². The van der Waals surface area contributed by atoms with E-state index in [0.29, 0.717) is 17.9 Å². The van der Waals surface area contributed by atoms with Crippen molar-refractivity contribution < 1.29 is 9.47 Å². The second-order valence-electron chi connectivity index (χ2n) is 9.67. The van der Waals surface area contributed by atoms with Crippen molar-refractivity contribution in [2.45, 2.75) is 51.3 Å². The van der Waals surface area contributed by atoms with Crippen LogP contribution < -0.4 is 10.1 Å². The Morgan fingerprint density at radius 2 is 1.86 bits per heavy atom. The molecule has 0 atom stereocenters. The number of hydrogen-bond acceptors (Lipinski definition) is 8. The third kappa shape index (κ3) is 5.23. The van der Waals surface area contributed by atoms with Crippen molar-refractivity contribution in [2.24, 2.45) is 0 Å². The Balaban J connectivity index is 1.25. The minimum absolute atomic E-state index is 0.152. The SMILES string of the molecule is Cc1cc(Nc2nc(OC3CCC(N4CCOCC4)CC3)c3c(ccn3Cc3ccccc3)n2)sn1. The van der Waals surface area contributed by atoms with Crippen LogP contribution in [0.4, 0.5) is 10.9 Å².